The number of amides is 1. The molecule has 0 saturated heterocycles. The van der Waals surface area contributed by atoms with E-state index in [1.54, 1.807) is 25.3 Å². The van der Waals surface area contributed by atoms with Gasteiger partial charge in [-0.2, -0.15) is 0 Å². The summed E-state index contributed by atoms with van der Waals surface area (Å²) in [6.07, 6.45) is 0. The highest BCUT2D eigenvalue weighted by molar-refractivity contribution is 6.07. The van der Waals surface area contributed by atoms with E-state index in [2.05, 4.69) is 10.3 Å². The van der Waals surface area contributed by atoms with Crippen molar-refractivity contribution in [1.29, 1.82) is 0 Å². The molecule has 1 aliphatic heterocycles. The summed E-state index contributed by atoms with van der Waals surface area (Å²) >= 11 is 0. The smallest absolute Gasteiger partial charge is 0.257 e. The van der Waals surface area contributed by atoms with Gasteiger partial charge >= 0.3 is 0 Å². The van der Waals surface area contributed by atoms with Crippen molar-refractivity contribution in [3.8, 4) is 17.2 Å². The minimum Gasteiger partial charge on any atom is -0.497 e. The van der Waals surface area contributed by atoms with Crippen LogP contribution in [-0.2, 0) is 0 Å². The molecule has 2 aromatic carbocycles. The number of fused-ring (bicyclic) bond motifs is 2. The van der Waals surface area contributed by atoms with Crippen molar-refractivity contribution in [3.05, 3.63) is 53.7 Å². The third-order valence-corrected chi connectivity index (χ3v) is 4.26. The average Bonchev–Trinajstić information content (AvgIpc) is 2.67. The molecule has 26 heavy (non-hydrogen) atoms. The molecule has 6 heteroatoms. The quantitative estimate of drug-likeness (QED) is 0.782. The summed E-state index contributed by atoms with van der Waals surface area (Å²) in [4.78, 5) is 17.3. The van der Waals surface area contributed by atoms with E-state index in [9.17, 15) is 4.79 Å². The highest BCUT2D eigenvalue weighted by Gasteiger charge is 2.15. The first kappa shape index (κ1) is 16.2. The van der Waals surface area contributed by atoms with Crippen LogP contribution in [0.5, 0.6) is 17.2 Å². The van der Waals surface area contributed by atoms with Crippen LogP contribution in [0.1, 0.15) is 16.1 Å². The van der Waals surface area contributed by atoms with Gasteiger partial charge in [0.2, 0.25) is 0 Å². The standard InChI is InChI=1S/C20H18N2O4/c1-12-16(10-13-9-15(24-2)4-5-17(13)21-12)20(23)22-14-3-6-18-19(11-14)26-8-7-25-18/h3-6,9-11H,7-8H2,1-2H3,(H,22,23). The molecule has 1 amide bonds. The third-order valence-electron chi connectivity index (χ3n) is 4.26. The van der Waals surface area contributed by atoms with Crippen LogP contribution < -0.4 is 19.5 Å². The van der Waals surface area contributed by atoms with Gasteiger partial charge in [0.05, 0.1) is 23.9 Å². The number of hydrogen-bond donors (Lipinski definition) is 1. The summed E-state index contributed by atoms with van der Waals surface area (Å²) in [5, 5.41) is 3.75. The predicted molar refractivity (Wildman–Crippen MR) is 98.4 cm³/mol. The number of pyridine rings is 1. The number of carbonyl (C=O) groups excluding carboxylic acids is 1. The second kappa shape index (κ2) is 6.55. The molecule has 6 nitrogen and oxygen atoms in total. The zero-order valence-electron chi connectivity index (χ0n) is 14.5. The number of benzene rings is 2. The van der Waals surface area contributed by atoms with Gasteiger partial charge in [0.1, 0.15) is 19.0 Å². The fourth-order valence-electron chi connectivity index (χ4n) is 2.93. The Morgan fingerprint density at radius 3 is 2.69 bits per heavy atom. The van der Waals surface area contributed by atoms with Crippen molar-refractivity contribution >= 4 is 22.5 Å². The Hall–Kier alpha value is -3.28. The first-order valence-electron chi connectivity index (χ1n) is 8.30. The van der Waals surface area contributed by atoms with Gasteiger partial charge in [-0.1, -0.05) is 0 Å². The molecule has 1 aromatic heterocycles. The van der Waals surface area contributed by atoms with Crippen LogP contribution in [-0.4, -0.2) is 31.2 Å². The maximum Gasteiger partial charge on any atom is 0.257 e. The largest absolute Gasteiger partial charge is 0.497 e. The number of aryl methyl sites for hydroxylation is 1. The lowest BCUT2D eigenvalue weighted by molar-refractivity contribution is 0.102. The molecule has 0 saturated carbocycles. The van der Waals surface area contributed by atoms with E-state index in [1.165, 1.54) is 0 Å². The number of rotatable bonds is 3. The number of anilines is 1. The molecule has 0 fully saturated rings. The number of nitrogens with zero attached hydrogens (tertiary/aromatic N) is 1. The summed E-state index contributed by atoms with van der Waals surface area (Å²) in [5.74, 6) is 1.81. The molecule has 2 heterocycles. The van der Waals surface area contributed by atoms with Crippen LogP contribution in [0.15, 0.2) is 42.5 Å². The van der Waals surface area contributed by atoms with Crippen molar-refractivity contribution in [2.24, 2.45) is 0 Å². The van der Waals surface area contributed by atoms with E-state index in [-0.39, 0.29) is 5.91 Å². The van der Waals surface area contributed by atoms with E-state index >= 15 is 0 Å². The van der Waals surface area contributed by atoms with Crippen LogP contribution in [0.4, 0.5) is 5.69 Å². The SMILES string of the molecule is COc1ccc2nc(C)c(C(=O)Nc3ccc4c(c3)OCCO4)cc2c1. The molecule has 0 radical (unpaired) electrons. The number of aromatic nitrogens is 1. The Labute approximate surface area is 150 Å². The number of methoxy groups -OCH3 is 1. The van der Waals surface area contributed by atoms with Crippen LogP contribution in [0.25, 0.3) is 10.9 Å². The minimum absolute atomic E-state index is 0.226. The van der Waals surface area contributed by atoms with Crippen molar-refractivity contribution in [3.63, 3.8) is 0 Å². The summed E-state index contributed by atoms with van der Waals surface area (Å²) in [7, 11) is 1.61. The van der Waals surface area contributed by atoms with Crippen molar-refractivity contribution < 1.29 is 19.0 Å². The topological polar surface area (TPSA) is 69.7 Å². The van der Waals surface area contributed by atoms with Gasteiger partial charge in [0.15, 0.2) is 11.5 Å². The second-order valence-electron chi connectivity index (χ2n) is 5.99. The molecule has 132 valence electrons. The van der Waals surface area contributed by atoms with Gasteiger partial charge in [0, 0.05) is 17.1 Å². The molecule has 3 aromatic rings. The van der Waals surface area contributed by atoms with E-state index in [1.807, 2.05) is 31.2 Å². The van der Waals surface area contributed by atoms with Crippen molar-refractivity contribution in [2.45, 2.75) is 6.92 Å². The Morgan fingerprint density at radius 1 is 1.08 bits per heavy atom. The lowest BCUT2D eigenvalue weighted by Crippen LogP contribution is -2.17. The molecule has 4 rings (SSSR count). The third kappa shape index (κ3) is 3.01. The normalized spacial score (nSPS) is 12.7. The summed E-state index contributed by atoms with van der Waals surface area (Å²) in [6.45, 7) is 2.85. The summed E-state index contributed by atoms with van der Waals surface area (Å²) in [5.41, 5.74) is 2.64. The Balaban J connectivity index is 1.64. The summed E-state index contributed by atoms with van der Waals surface area (Å²) in [6, 6.07) is 12.8. The van der Waals surface area contributed by atoms with Crippen molar-refractivity contribution in [1.82, 2.24) is 4.98 Å². The van der Waals surface area contributed by atoms with Crippen LogP contribution in [0.3, 0.4) is 0 Å². The molecule has 0 unspecified atom stereocenters. The minimum atomic E-state index is -0.226. The van der Waals surface area contributed by atoms with Gasteiger partial charge < -0.3 is 19.5 Å². The van der Waals surface area contributed by atoms with Gasteiger partial charge in [0.25, 0.3) is 5.91 Å². The highest BCUT2D eigenvalue weighted by atomic mass is 16.6. The fraction of sp³-hybridized carbons (Fsp3) is 0.200. The van der Waals surface area contributed by atoms with E-state index in [0.717, 1.165) is 16.7 Å². The number of ether oxygens (including phenoxy) is 3. The van der Waals surface area contributed by atoms with E-state index in [0.29, 0.717) is 41.7 Å². The molecule has 1 aliphatic rings. The molecule has 0 bridgehead atoms. The molecule has 0 spiro atoms. The molecular weight excluding hydrogens is 332 g/mol. The average molecular weight is 350 g/mol. The number of hydrogen-bond acceptors (Lipinski definition) is 5. The van der Waals surface area contributed by atoms with Crippen LogP contribution in [0, 0.1) is 6.92 Å². The first-order valence-corrected chi connectivity index (χ1v) is 8.30. The van der Waals surface area contributed by atoms with Gasteiger partial charge in [-0.3, -0.25) is 9.78 Å². The van der Waals surface area contributed by atoms with Gasteiger partial charge in [-0.25, -0.2) is 0 Å². The van der Waals surface area contributed by atoms with Crippen LogP contribution >= 0.6 is 0 Å². The second-order valence-corrected chi connectivity index (χ2v) is 5.99. The predicted octanol–water partition coefficient (Wildman–Crippen LogP) is 3.58. The lowest BCUT2D eigenvalue weighted by Gasteiger charge is -2.19. The van der Waals surface area contributed by atoms with Crippen LogP contribution in [0.2, 0.25) is 0 Å². The van der Waals surface area contributed by atoms with Crippen molar-refractivity contribution in [2.75, 3.05) is 25.6 Å². The Kier molecular flexibility index (Phi) is 4.08. The Bertz CT molecular complexity index is 1000. The maximum absolute atomic E-state index is 12.7. The monoisotopic (exact) mass is 350 g/mol. The zero-order chi connectivity index (χ0) is 18.1. The zero-order valence-corrected chi connectivity index (χ0v) is 14.5. The first-order chi connectivity index (χ1) is 12.6. The van der Waals surface area contributed by atoms with E-state index < -0.39 is 0 Å². The molecule has 0 aliphatic carbocycles. The van der Waals surface area contributed by atoms with E-state index in [4.69, 9.17) is 14.2 Å². The van der Waals surface area contributed by atoms with Gasteiger partial charge in [-0.05, 0) is 43.3 Å². The fourth-order valence-corrected chi connectivity index (χ4v) is 2.93. The number of nitrogens with one attached hydrogen (secondary N) is 1. The Morgan fingerprint density at radius 2 is 1.88 bits per heavy atom. The number of carbonyl (C=O) groups is 1. The lowest BCUT2D eigenvalue weighted by atomic mass is 10.1. The maximum atomic E-state index is 12.7. The highest BCUT2D eigenvalue weighted by Crippen LogP contribution is 2.33. The summed E-state index contributed by atoms with van der Waals surface area (Å²) < 4.78 is 16.3. The molecule has 1 N–H and O–H groups in total. The van der Waals surface area contributed by atoms with Gasteiger partial charge in [-0.15, -0.1) is 0 Å². The molecular formula is C20H18N2O4. The molecule has 0 atom stereocenters.